The average Bonchev–Trinajstić information content (AvgIpc) is 4.22. The summed E-state index contributed by atoms with van der Waals surface area (Å²) in [5, 5.41) is 9.68. The molecule has 0 bridgehead atoms. The molecule has 15 aromatic rings. The summed E-state index contributed by atoms with van der Waals surface area (Å²) in [5.74, 6) is 0. The minimum atomic E-state index is 1.06. The zero-order valence-corrected chi connectivity index (χ0v) is 38.5. The predicted molar refractivity (Wildman–Crippen MR) is 300 cm³/mol. The van der Waals surface area contributed by atoms with Crippen LogP contribution in [0.1, 0.15) is 0 Å². The zero-order valence-electron chi connectivity index (χ0n) is 38.5. The summed E-state index contributed by atoms with van der Waals surface area (Å²) in [6.45, 7) is 0. The molecule has 0 fully saturated rings. The van der Waals surface area contributed by atoms with E-state index in [1.54, 1.807) is 0 Å². The first-order chi connectivity index (χ1) is 35.2. The summed E-state index contributed by atoms with van der Waals surface area (Å²) in [5.41, 5.74) is 21.4. The Labute approximate surface area is 408 Å². The topological polar surface area (TPSA) is 66.4 Å². The zero-order chi connectivity index (χ0) is 46.6. The van der Waals surface area contributed by atoms with Gasteiger partial charge in [0.1, 0.15) is 0 Å². The Bertz CT molecular complexity index is 4290. The number of para-hydroxylation sites is 7. The first kappa shape index (κ1) is 39.4. The number of nitrogens with zero attached hydrogens (tertiary/aromatic N) is 1. The maximum atomic E-state index is 3.91. The number of nitrogens with one attached hydrogen (secondary N) is 4. The number of hydrogen-bond acceptors (Lipinski definition) is 1. The van der Waals surface area contributed by atoms with E-state index >= 15 is 0 Å². The van der Waals surface area contributed by atoms with E-state index in [0.717, 1.165) is 83.4 Å². The highest BCUT2D eigenvalue weighted by atomic mass is 15.2. The highest BCUT2D eigenvalue weighted by Gasteiger charge is 2.24. The minimum absolute atomic E-state index is 1.06. The molecular weight excluding hydrogens is 863 g/mol. The standard InChI is InChI=1S/C66H43N5/c1-2-14-46(15-3-1)71(61-38-44(36-55-51-18-6-10-26-59(51)69-65(55)61)40-28-32-42(33-29-40)47-20-12-22-53-49-16-4-8-24-57(49)67-63(47)53)62-39-45(37-56-52-19-7-11-27-60(52)70-66(56)62)41-30-34-43(35-31-41)48-21-13-23-54-50-17-5-9-25-58(50)68-64(48)54/h1-39,67-70H. The third kappa shape index (κ3) is 6.20. The lowest BCUT2D eigenvalue weighted by molar-refractivity contribution is 1.29. The van der Waals surface area contributed by atoms with E-state index < -0.39 is 0 Å². The quantitative estimate of drug-likeness (QED) is 0.126. The second kappa shape index (κ2) is 15.5. The van der Waals surface area contributed by atoms with Gasteiger partial charge in [-0.3, -0.25) is 0 Å². The summed E-state index contributed by atoms with van der Waals surface area (Å²) in [7, 11) is 0. The molecular formula is C66H43N5. The van der Waals surface area contributed by atoms with Gasteiger partial charge in [-0.1, -0.05) is 176 Å². The van der Waals surface area contributed by atoms with Gasteiger partial charge in [-0.15, -0.1) is 0 Å². The normalized spacial score (nSPS) is 11.9. The summed E-state index contributed by atoms with van der Waals surface area (Å²) < 4.78 is 0. The molecule has 15 rings (SSSR count). The molecule has 0 radical (unpaired) electrons. The van der Waals surface area contributed by atoms with E-state index in [1.165, 1.54) is 65.3 Å². The Kier molecular flexibility index (Phi) is 8.59. The van der Waals surface area contributed by atoms with Crippen LogP contribution in [0.15, 0.2) is 237 Å². The van der Waals surface area contributed by atoms with Crippen LogP contribution in [0, 0.1) is 0 Å². The van der Waals surface area contributed by atoms with Gasteiger partial charge in [0.15, 0.2) is 0 Å². The first-order valence-electron chi connectivity index (χ1n) is 24.3. The van der Waals surface area contributed by atoms with Gasteiger partial charge in [-0.25, -0.2) is 0 Å². The molecule has 0 saturated carbocycles. The first-order valence-corrected chi connectivity index (χ1v) is 24.3. The van der Waals surface area contributed by atoms with Crippen molar-refractivity contribution in [2.75, 3.05) is 4.90 Å². The monoisotopic (exact) mass is 905 g/mol. The van der Waals surface area contributed by atoms with Crippen molar-refractivity contribution >= 4 is 104 Å². The number of aromatic amines is 4. The van der Waals surface area contributed by atoms with Crippen LogP contribution in [0.2, 0.25) is 0 Å². The van der Waals surface area contributed by atoms with E-state index in [1.807, 2.05) is 0 Å². The van der Waals surface area contributed by atoms with Crippen molar-refractivity contribution < 1.29 is 0 Å². The van der Waals surface area contributed by atoms with Crippen LogP contribution in [0.4, 0.5) is 17.1 Å². The lowest BCUT2D eigenvalue weighted by Crippen LogP contribution is -2.11. The highest BCUT2D eigenvalue weighted by molar-refractivity contribution is 6.19. The van der Waals surface area contributed by atoms with Crippen molar-refractivity contribution in [2.24, 2.45) is 0 Å². The summed E-state index contributed by atoms with van der Waals surface area (Å²) in [6.07, 6.45) is 0. The molecule has 4 heterocycles. The number of fused-ring (bicyclic) bond motifs is 12. The highest BCUT2D eigenvalue weighted by Crippen LogP contribution is 2.48. The molecule has 0 atom stereocenters. The number of rotatable bonds is 7. The number of anilines is 3. The number of aromatic nitrogens is 4. The smallest absolute Gasteiger partial charge is 0.0710 e. The van der Waals surface area contributed by atoms with Crippen molar-refractivity contribution in [2.45, 2.75) is 0 Å². The summed E-state index contributed by atoms with van der Waals surface area (Å²) in [6, 6.07) is 86.2. The van der Waals surface area contributed by atoms with Gasteiger partial charge in [0, 0.05) is 82.0 Å². The van der Waals surface area contributed by atoms with Crippen LogP contribution < -0.4 is 4.90 Å². The van der Waals surface area contributed by atoms with Crippen molar-refractivity contribution in [1.29, 1.82) is 0 Å². The van der Waals surface area contributed by atoms with Crippen molar-refractivity contribution in [3.63, 3.8) is 0 Å². The molecule has 0 spiro atoms. The molecule has 0 amide bonds. The van der Waals surface area contributed by atoms with Crippen molar-refractivity contribution in [3.05, 3.63) is 237 Å². The summed E-state index contributed by atoms with van der Waals surface area (Å²) in [4.78, 5) is 17.7. The Morgan fingerprint density at radius 3 is 0.986 bits per heavy atom. The van der Waals surface area contributed by atoms with Crippen molar-refractivity contribution in [3.8, 4) is 44.5 Å². The van der Waals surface area contributed by atoms with Crippen molar-refractivity contribution in [1.82, 2.24) is 19.9 Å². The van der Waals surface area contributed by atoms with Gasteiger partial charge < -0.3 is 24.8 Å². The molecule has 332 valence electrons. The molecule has 71 heavy (non-hydrogen) atoms. The fourth-order valence-corrected chi connectivity index (χ4v) is 11.4. The predicted octanol–water partition coefficient (Wildman–Crippen LogP) is 18.4. The van der Waals surface area contributed by atoms with E-state index in [-0.39, 0.29) is 0 Å². The number of benzene rings is 11. The Morgan fingerprint density at radius 1 is 0.225 bits per heavy atom. The molecule has 5 nitrogen and oxygen atoms in total. The third-order valence-electron chi connectivity index (χ3n) is 14.8. The molecule has 0 saturated heterocycles. The molecule has 4 N–H and O–H groups in total. The molecule has 5 heteroatoms. The second-order valence-corrected chi connectivity index (χ2v) is 18.8. The number of H-pyrrole nitrogens is 4. The van der Waals surface area contributed by atoms with Gasteiger partial charge in [-0.2, -0.15) is 0 Å². The Morgan fingerprint density at radius 2 is 0.563 bits per heavy atom. The minimum Gasteiger partial charge on any atom is -0.354 e. The van der Waals surface area contributed by atoms with Crippen LogP contribution in [0.3, 0.4) is 0 Å². The lowest BCUT2D eigenvalue weighted by atomic mass is 9.96. The molecule has 0 unspecified atom stereocenters. The number of hydrogen-bond donors (Lipinski definition) is 4. The van der Waals surface area contributed by atoms with Gasteiger partial charge in [0.25, 0.3) is 0 Å². The van der Waals surface area contributed by atoms with E-state index in [4.69, 9.17) is 0 Å². The second-order valence-electron chi connectivity index (χ2n) is 18.8. The van der Waals surface area contributed by atoms with Crippen LogP contribution in [-0.2, 0) is 0 Å². The molecule has 0 aliphatic heterocycles. The van der Waals surface area contributed by atoms with Gasteiger partial charge in [0.2, 0.25) is 0 Å². The van der Waals surface area contributed by atoms with E-state index in [2.05, 4.69) is 261 Å². The molecule has 0 aliphatic carbocycles. The van der Waals surface area contributed by atoms with Crippen LogP contribution in [-0.4, -0.2) is 19.9 Å². The molecule has 11 aromatic carbocycles. The van der Waals surface area contributed by atoms with Crippen LogP contribution in [0.25, 0.3) is 132 Å². The van der Waals surface area contributed by atoms with Crippen LogP contribution >= 0.6 is 0 Å². The molecule has 0 aliphatic rings. The maximum Gasteiger partial charge on any atom is 0.0710 e. The SMILES string of the molecule is c1ccc(N(c2cc(-c3ccc(-c4cccc5c4[nH]c4ccccc45)cc3)cc3c2[nH]c2ccccc23)c2cc(-c3ccc(-c4cccc5c4[nH]c4ccccc45)cc3)cc3c2[nH]c2ccccc23)cc1. The Balaban J connectivity index is 0.921. The molecule has 4 aromatic heterocycles. The van der Waals surface area contributed by atoms with Gasteiger partial charge >= 0.3 is 0 Å². The van der Waals surface area contributed by atoms with Gasteiger partial charge in [-0.05, 0) is 94.0 Å². The van der Waals surface area contributed by atoms with E-state index in [9.17, 15) is 0 Å². The van der Waals surface area contributed by atoms with Gasteiger partial charge in [0.05, 0.1) is 33.4 Å². The maximum absolute atomic E-state index is 3.91. The largest absolute Gasteiger partial charge is 0.354 e. The van der Waals surface area contributed by atoms with E-state index in [0.29, 0.717) is 0 Å². The fraction of sp³-hybridized carbons (Fsp3) is 0. The fourth-order valence-electron chi connectivity index (χ4n) is 11.4. The Hall–Kier alpha value is -9.58. The summed E-state index contributed by atoms with van der Waals surface area (Å²) >= 11 is 0. The third-order valence-corrected chi connectivity index (χ3v) is 14.8. The van der Waals surface area contributed by atoms with Crippen LogP contribution in [0.5, 0.6) is 0 Å². The lowest BCUT2D eigenvalue weighted by Gasteiger charge is -2.28. The average molecular weight is 906 g/mol.